The molecule has 4 aliphatic rings. The van der Waals surface area contributed by atoms with Gasteiger partial charge in [-0.3, -0.25) is 24.6 Å². The van der Waals surface area contributed by atoms with E-state index < -0.39 is 23.9 Å². The molecule has 2 aromatic rings. The first kappa shape index (κ1) is 26.5. The van der Waals surface area contributed by atoms with Crippen LogP contribution in [-0.2, 0) is 20.9 Å². The molecule has 0 aromatic heterocycles. The second kappa shape index (κ2) is 10.0. The van der Waals surface area contributed by atoms with Crippen LogP contribution in [0.25, 0.3) is 0 Å². The highest BCUT2D eigenvalue weighted by molar-refractivity contribution is 6.33. The van der Waals surface area contributed by atoms with Crippen molar-refractivity contribution in [1.82, 2.24) is 10.2 Å². The summed E-state index contributed by atoms with van der Waals surface area (Å²) >= 11 is 6.38. The topological polar surface area (TPSA) is 108 Å². The minimum absolute atomic E-state index is 0.0126. The smallest absolute Gasteiger partial charge is 0.410 e. The number of ether oxygens (including phenoxy) is 2. The molecule has 40 heavy (non-hydrogen) atoms. The summed E-state index contributed by atoms with van der Waals surface area (Å²) in [6, 6.07) is 6.63. The highest BCUT2D eigenvalue weighted by atomic mass is 35.5. The molecule has 3 fully saturated rings. The molecule has 1 N–H and O–H groups in total. The Bertz CT molecular complexity index is 1420. The van der Waals surface area contributed by atoms with E-state index in [0.29, 0.717) is 16.8 Å². The van der Waals surface area contributed by atoms with E-state index in [1.807, 2.05) is 0 Å². The number of anilines is 2. The van der Waals surface area contributed by atoms with Gasteiger partial charge in [-0.2, -0.15) is 0 Å². The molecule has 1 spiro atoms. The largest absolute Gasteiger partial charge is 0.419 e. The molecule has 4 amide bonds. The summed E-state index contributed by atoms with van der Waals surface area (Å²) < 4.78 is 25.9. The summed E-state index contributed by atoms with van der Waals surface area (Å²) in [6.45, 7) is 3.24. The zero-order valence-corrected chi connectivity index (χ0v) is 22.6. The number of fused-ring (bicyclic) bond motifs is 1. The maximum atomic E-state index is 14.9. The van der Waals surface area contributed by atoms with Crippen molar-refractivity contribution in [2.24, 2.45) is 5.41 Å². The first-order valence-corrected chi connectivity index (χ1v) is 13.6. The Morgan fingerprint density at radius 3 is 2.65 bits per heavy atom. The van der Waals surface area contributed by atoms with Crippen molar-refractivity contribution in [3.63, 3.8) is 0 Å². The number of carbonyl (C=O) groups is 4. The Labute approximate surface area is 234 Å². The van der Waals surface area contributed by atoms with E-state index in [1.54, 1.807) is 18.2 Å². The Kier molecular flexibility index (Phi) is 6.66. The first-order chi connectivity index (χ1) is 19.1. The van der Waals surface area contributed by atoms with E-state index in [0.717, 1.165) is 44.0 Å². The summed E-state index contributed by atoms with van der Waals surface area (Å²) in [4.78, 5) is 54.4. The van der Waals surface area contributed by atoms with Crippen LogP contribution in [0, 0.1) is 11.2 Å². The molecule has 4 aliphatic heterocycles. The molecule has 0 radical (unpaired) electrons. The van der Waals surface area contributed by atoms with E-state index in [1.165, 1.54) is 24.1 Å². The second-order valence-corrected chi connectivity index (χ2v) is 11.3. The summed E-state index contributed by atoms with van der Waals surface area (Å²) in [5, 5.41) is 2.53. The van der Waals surface area contributed by atoms with Crippen molar-refractivity contribution < 1.29 is 33.0 Å². The van der Waals surface area contributed by atoms with Crippen molar-refractivity contribution in [3.05, 3.63) is 52.3 Å². The average Bonchev–Trinajstić information content (AvgIpc) is 3.23. The summed E-state index contributed by atoms with van der Waals surface area (Å²) in [7, 11) is 1.40. The standard InChI is InChI=1S/C28H28ClFN4O6/c1-32(23-12-22(19(29)11-20(23)30)33-14-28(15-33)6-8-39-9-7-28)27(38)40-17-3-2-16-13-34(26(37)18(16)10-17)21-4-5-24(35)31-25(21)36/h2-3,10-12,21H,4-9,13-15H2,1H3,(H,31,35,36). The Morgan fingerprint density at radius 2 is 1.93 bits per heavy atom. The Morgan fingerprint density at radius 1 is 1.18 bits per heavy atom. The normalized spacial score (nSPS) is 21.7. The fraction of sp³-hybridized carbons (Fsp3) is 0.429. The van der Waals surface area contributed by atoms with E-state index >= 15 is 0 Å². The van der Waals surface area contributed by atoms with Crippen LogP contribution in [0.5, 0.6) is 5.75 Å². The monoisotopic (exact) mass is 570 g/mol. The quantitative estimate of drug-likeness (QED) is 0.561. The lowest BCUT2D eigenvalue weighted by molar-refractivity contribution is -0.136. The van der Waals surface area contributed by atoms with Crippen LogP contribution in [0.3, 0.4) is 0 Å². The molecule has 6 rings (SSSR count). The van der Waals surface area contributed by atoms with E-state index in [9.17, 15) is 23.6 Å². The summed E-state index contributed by atoms with van der Waals surface area (Å²) in [5.41, 5.74) is 1.82. The molecule has 12 heteroatoms. The van der Waals surface area contributed by atoms with Crippen LogP contribution < -0.4 is 19.9 Å². The number of nitrogens with zero attached hydrogens (tertiary/aromatic N) is 3. The van der Waals surface area contributed by atoms with E-state index in [2.05, 4.69) is 10.2 Å². The molecule has 1 unspecified atom stereocenters. The number of benzene rings is 2. The van der Waals surface area contributed by atoms with Gasteiger partial charge in [0.1, 0.15) is 17.6 Å². The van der Waals surface area contributed by atoms with Gasteiger partial charge in [-0.1, -0.05) is 17.7 Å². The van der Waals surface area contributed by atoms with Crippen LogP contribution in [0.4, 0.5) is 20.6 Å². The highest BCUT2D eigenvalue weighted by Crippen LogP contribution is 2.45. The van der Waals surface area contributed by atoms with Crippen molar-refractivity contribution >= 4 is 46.8 Å². The molecule has 3 saturated heterocycles. The van der Waals surface area contributed by atoms with Crippen LogP contribution >= 0.6 is 11.6 Å². The Hall–Kier alpha value is -3.70. The van der Waals surface area contributed by atoms with Gasteiger partial charge in [0.25, 0.3) is 5.91 Å². The summed E-state index contributed by atoms with van der Waals surface area (Å²) in [6.07, 6.45) is 1.50. The number of hydrogen-bond donors (Lipinski definition) is 1. The third-order valence-corrected chi connectivity index (χ3v) is 8.61. The molecule has 0 bridgehead atoms. The minimum atomic E-state index is -0.843. The van der Waals surface area contributed by atoms with Crippen molar-refractivity contribution in [3.8, 4) is 5.75 Å². The number of amides is 4. The van der Waals surface area contributed by atoms with Gasteiger partial charge in [-0.05, 0) is 49.1 Å². The van der Waals surface area contributed by atoms with Gasteiger partial charge in [-0.15, -0.1) is 0 Å². The van der Waals surface area contributed by atoms with Gasteiger partial charge in [0.05, 0.1) is 16.4 Å². The zero-order chi connectivity index (χ0) is 28.2. The van der Waals surface area contributed by atoms with Gasteiger partial charge in [0.2, 0.25) is 11.8 Å². The molecule has 4 heterocycles. The van der Waals surface area contributed by atoms with Crippen LogP contribution in [-0.4, -0.2) is 68.1 Å². The fourth-order valence-corrected chi connectivity index (χ4v) is 6.22. The van der Waals surface area contributed by atoms with E-state index in [4.69, 9.17) is 21.1 Å². The average molecular weight is 571 g/mol. The lowest BCUT2D eigenvalue weighted by Crippen LogP contribution is -2.58. The molecule has 2 aromatic carbocycles. The Balaban J connectivity index is 1.15. The van der Waals surface area contributed by atoms with Gasteiger partial charge >= 0.3 is 6.09 Å². The van der Waals surface area contributed by atoms with Crippen molar-refractivity contribution in [2.75, 3.05) is 43.2 Å². The SMILES string of the molecule is CN(C(=O)Oc1ccc2c(c1)C(=O)N(C1CCC(=O)NC1=O)C2)c1cc(N2CC3(CCOCC3)C2)c(Cl)cc1F. The molecule has 1 atom stereocenters. The zero-order valence-electron chi connectivity index (χ0n) is 21.9. The third-order valence-electron chi connectivity index (χ3n) is 8.30. The van der Waals surface area contributed by atoms with Gasteiger partial charge < -0.3 is 19.3 Å². The summed E-state index contributed by atoms with van der Waals surface area (Å²) in [5.74, 6) is -1.82. The lowest BCUT2D eigenvalue weighted by Gasteiger charge is -2.53. The van der Waals surface area contributed by atoms with E-state index in [-0.39, 0.29) is 53.1 Å². The molecule has 0 saturated carbocycles. The highest BCUT2D eigenvalue weighted by Gasteiger charge is 2.45. The predicted octanol–water partition coefficient (Wildman–Crippen LogP) is 3.49. The number of rotatable bonds is 4. The van der Waals surface area contributed by atoms with Gasteiger partial charge in [0, 0.05) is 57.3 Å². The van der Waals surface area contributed by atoms with Gasteiger partial charge in [-0.25, -0.2) is 9.18 Å². The maximum Gasteiger partial charge on any atom is 0.419 e. The molecule has 210 valence electrons. The number of carbonyl (C=O) groups excluding carboxylic acids is 4. The first-order valence-electron chi connectivity index (χ1n) is 13.2. The number of hydrogen-bond acceptors (Lipinski definition) is 7. The van der Waals surface area contributed by atoms with Gasteiger partial charge in [0.15, 0.2) is 0 Å². The second-order valence-electron chi connectivity index (χ2n) is 10.9. The molecular weight excluding hydrogens is 543 g/mol. The lowest BCUT2D eigenvalue weighted by atomic mass is 9.73. The predicted molar refractivity (Wildman–Crippen MR) is 143 cm³/mol. The minimum Gasteiger partial charge on any atom is -0.410 e. The maximum absolute atomic E-state index is 14.9. The molecule has 10 nitrogen and oxygen atoms in total. The number of halogens is 2. The molecule has 0 aliphatic carbocycles. The van der Waals surface area contributed by atoms with Crippen LogP contribution in [0.15, 0.2) is 30.3 Å². The van der Waals surface area contributed by atoms with Crippen LogP contribution in [0.1, 0.15) is 41.6 Å². The number of imide groups is 1. The van der Waals surface area contributed by atoms with Crippen molar-refractivity contribution in [1.29, 1.82) is 0 Å². The fourth-order valence-electron chi connectivity index (χ4n) is 5.95. The van der Waals surface area contributed by atoms with Crippen molar-refractivity contribution in [2.45, 2.75) is 38.3 Å². The number of nitrogens with one attached hydrogen (secondary N) is 1. The number of piperidine rings is 1. The third kappa shape index (κ3) is 4.66. The molecular formula is C28H28ClFN4O6. The van der Waals surface area contributed by atoms with Crippen LogP contribution in [0.2, 0.25) is 5.02 Å².